The van der Waals surface area contributed by atoms with E-state index in [-0.39, 0.29) is 5.91 Å². The lowest BCUT2D eigenvalue weighted by Gasteiger charge is -2.09. The molecular formula is C14H15ClN4O. The Morgan fingerprint density at radius 2 is 2.15 bits per heavy atom. The first-order valence-corrected chi connectivity index (χ1v) is 6.54. The monoisotopic (exact) mass is 290 g/mol. The van der Waals surface area contributed by atoms with Crippen molar-refractivity contribution in [2.45, 2.75) is 13.3 Å². The number of amides is 1. The molecule has 6 heteroatoms. The summed E-state index contributed by atoms with van der Waals surface area (Å²) >= 11 is 5.88. The van der Waals surface area contributed by atoms with Gasteiger partial charge >= 0.3 is 0 Å². The van der Waals surface area contributed by atoms with Crippen LogP contribution in [-0.2, 0) is 6.42 Å². The van der Waals surface area contributed by atoms with E-state index in [4.69, 9.17) is 17.4 Å². The van der Waals surface area contributed by atoms with Gasteiger partial charge in [0.05, 0.1) is 0 Å². The summed E-state index contributed by atoms with van der Waals surface area (Å²) < 4.78 is 0. The maximum atomic E-state index is 12.2. The lowest BCUT2D eigenvalue weighted by molar-refractivity contribution is 0.102. The Morgan fingerprint density at radius 1 is 1.35 bits per heavy atom. The number of hydrogen-bond donors (Lipinski definition) is 3. The highest BCUT2D eigenvalue weighted by Gasteiger charge is 2.09. The highest BCUT2D eigenvalue weighted by Crippen LogP contribution is 2.17. The number of aryl methyl sites for hydroxylation is 1. The predicted molar refractivity (Wildman–Crippen MR) is 80.8 cm³/mol. The average molecular weight is 291 g/mol. The topological polar surface area (TPSA) is 80.0 Å². The third-order valence-electron chi connectivity index (χ3n) is 2.73. The molecule has 1 heterocycles. The molecule has 0 aliphatic carbocycles. The molecule has 20 heavy (non-hydrogen) atoms. The van der Waals surface area contributed by atoms with Gasteiger partial charge in [0.25, 0.3) is 5.91 Å². The summed E-state index contributed by atoms with van der Waals surface area (Å²) in [6, 6.07) is 10.3. The lowest BCUT2D eigenvalue weighted by Crippen LogP contribution is -2.15. The quantitative estimate of drug-likeness (QED) is 0.597. The van der Waals surface area contributed by atoms with E-state index in [0.29, 0.717) is 28.5 Å². The van der Waals surface area contributed by atoms with Gasteiger partial charge in [0.1, 0.15) is 5.82 Å². The summed E-state index contributed by atoms with van der Waals surface area (Å²) in [5.74, 6) is 5.58. The van der Waals surface area contributed by atoms with Crippen LogP contribution < -0.4 is 16.6 Å². The second-order valence-corrected chi connectivity index (χ2v) is 4.63. The number of nitrogens with one attached hydrogen (secondary N) is 2. The SMILES string of the molecule is CCc1cc(C(=O)Nc2cccc(Cl)c2)cc(NN)n1. The molecule has 0 atom stereocenters. The number of rotatable bonds is 4. The summed E-state index contributed by atoms with van der Waals surface area (Å²) in [5.41, 5.74) is 4.38. The van der Waals surface area contributed by atoms with Gasteiger partial charge in [-0.05, 0) is 36.8 Å². The molecule has 104 valence electrons. The van der Waals surface area contributed by atoms with Crippen LogP contribution in [0.4, 0.5) is 11.5 Å². The first-order chi connectivity index (χ1) is 9.62. The summed E-state index contributed by atoms with van der Waals surface area (Å²) in [5, 5.41) is 3.35. The van der Waals surface area contributed by atoms with E-state index in [0.717, 1.165) is 5.69 Å². The number of pyridine rings is 1. The minimum Gasteiger partial charge on any atom is -0.322 e. The highest BCUT2D eigenvalue weighted by molar-refractivity contribution is 6.30. The number of carbonyl (C=O) groups excluding carboxylic acids is 1. The number of hydrogen-bond acceptors (Lipinski definition) is 4. The van der Waals surface area contributed by atoms with E-state index in [9.17, 15) is 4.79 Å². The number of aromatic nitrogens is 1. The summed E-state index contributed by atoms with van der Waals surface area (Å²) in [6.45, 7) is 1.96. The normalized spacial score (nSPS) is 10.2. The number of nitrogen functional groups attached to an aromatic ring is 1. The van der Waals surface area contributed by atoms with Crippen molar-refractivity contribution in [2.75, 3.05) is 10.7 Å². The molecule has 0 bridgehead atoms. The molecule has 1 aromatic carbocycles. The Balaban J connectivity index is 2.24. The zero-order valence-electron chi connectivity index (χ0n) is 11.0. The molecular weight excluding hydrogens is 276 g/mol. The predicted octanol–water partition coefficient (Wildman–Crippen LogP) is 2.84. The molecule has 4 N–H and O–H groups in total. The van der Waals surface area contributed by atoms with Crippen LogP contribution in [-0.4, -0.2) is 10.9 Å². The van der Waals surface area contributed by atoms with E-state index < -0.39 is 0 Å². The minimum absolute atomic E-state index is 0.235. The van der Waals surface area contributed by atoms with Crippen LogP contribution in [0.3, 0.4) is 0 Å². The first kappa shape index (κ1) is 14.3. The number of nitrogens with two attached hydrogens (primary N) is 1. The van der Waals surface area contributed by atoms with Crippen molar-refractivity contribution in [3.8, 4) is 0 Å². The number of hydrazine groups is 1. The molecule has 2 rings (SSSR count). The van der Waals surface area contributed by atoms with Gasteiger partial charge < -0.3 is 10.7 Å². The molecule has 1 amide bonds. The molecule has 0 fully saturated rings. The van der Waals surface area contributed by atoms with Gasteiger partial charge in [-0.2, -0.15) is 0 Å². The molecule has 2 aromatic rings. The second-order valence-electron chi connectivity index (χ2n) is 4.19. The Labute approximate surface area is 122 Å². The number of anilines is 2. The largest absolute Gasteiger partial charge is 0.322 e. The number of nitrogens with zero attached hydrogens (tertiary/aromatic N) is 1. The van der Waals surface area contributed by atoms with Gasteiger partial charge in [-0.3, -0.25) is 4.79 Å². The standard InChI is InChI=1S/C14H15ClN4O/c1-2-11-6-9(7-13(17-11)19-16)14(20)18-12-5-3-4-10(15)8-12/h3-8H,2,16H2,1H3,(H,17,19)(H,18,20). The lowest BCUT2D eigenvalue weighted by atomic mass is 10.1. The first-order valence-electron chi connectivity index (χ1n) is 6.17. The van der Waals surface area contributed by atoms with Gasteiger partial charge in [0, 0.05) is 22.0 Å². The van der Waals surface area contributed by atoms with Crippen LogP contribution >= 0.6 is 11.6 Å². The number of benzene rings is 1. The van der Waals surface area contributed by atoms with Crippen molar-refractivity contribution in [1.29, 1.82) is 0 Å². The van der Waals surface area contributed by atoms with Crippen molar-refractivity contribution in [1.82, 2.24) is 4.98 Å². The van der Waals surface area contributed by atoms with Gasteiger partial charge in [-0.25, -0.2) is 10.8 Å². The van der Waals surface area contributed by atoms with Crippen LogP contribution in [0.15, 0.2) is 36.4 Å². The summed E-state index contributed by atoms with van der Waals surface area (Å²) in [6.07, 6.45) is 0.715. The van der Waals surface area contributed by atoms with Crippen molar-refractivity contribution in [3.63, 3.8) is 0 Å². The smallest absolute Gasteiger partial charge is 0.255 e. The molecule has 0 aliphatic rings. The van der Waals surface area contributed by atoms with E-state index in [1.807, 2.05) is 6.92 Å². The molecule has 0 aliphatic heterocycles. The van der Waals surface area contributed by atoms with Crippen LogP contribution in [0.5, 0.6) is 0 Å². The van der Waals surface area contributed by atoms with Crippen LogP contribution in [0, 0.1) is 0 Å². The fraction of sp³-hybridized carbons (Fsp3) is 0.143. The molecule has 0 unspecified atom stereocenters. The average Bonchev–Trinajstić information content (AvgIpc) is 2.46. The van der Waals surface area contributed by atoms with Crippen LogP contribution in [0.25, 0.3) is 0 Å². The summed E-state index contributed by atoms with van der Waals surface area (Å²) in [7, 11) is 0. The molecule has 0 spiro atoms. The Hall–Kier alpha value is -2.11. The Kier molecular flexibility index (Phi) is 4.55. The number of halogens is 1. The van der Waals surface area contributed by atoms with Gasteiger partial charge in [0.15, 0.2) is 0 Å². The fourth-order valence-corrected chi connectivity index (χ4v) is 1.93. The van der Waals surface area contributed by atoms with Crippen molar-refractivity contribution < 1.29 is 4.79 Å². The van der Waals surface area contributed by atoms with Gasteiger partial charge in [-0.1, -0.05) is 24.6 Å². The Morgan fingerprint density at radius 3 is 2.80 bits per heavy atom. The van der Waals surface area contributed by atoms with E-state index in [1.165, 1.54) is 0 Å². The van der Waals surface area contributed by atoms with Crippen molar-refractivity contribution in [3.05, 3.63) is 52.7 Å². The van der Waals surface area contributed by atoms with Gasteiger partial charge in [-0.15, -0.1) is 0 Å². The molecule has 1 aromatic heterocycles. The Bertz CT molecular complexity index is 608. The molecule has 0 saturated carbocycles. The molecule has 0 radical (unpaired) electrons. The third-order valence-corrected chi connectivity index (χ3v) is 2.97. The highest BCUT2D eigenvalue weighted by atomic mass is 35.5. The van der Waals surface area contributed by atoms with E-state index in [2.05, 4.69) is 15.7 Å². The number of carbonyl (C=O) groups is 1. The van der Waals surface area contributed by atoms with E-state index >= 15 is 0 Å². The second kappa shape index (κ2) is 6.36. The van der Waals surface area contributed by atoms with Crippen molar-refractivity contribution >= 4 is 29.0 Å². The molecule has 5 nitrogen and oxygen atoms in total. The van der Waals surface area contributed by atoms with Crippen LogP contribution in [0.1, 0.15) is 23.0 Å². The van der Waals surface area contributed by atoms with Gasteiger partial charge in [0.2, 0.25) is 0 Å². The zero-order valence-corrected chi connectivity index (χ0v) is 11.7. The zero-order chi connectivity index (χ0) is 14.5. The fourth-order valence-electron chi connectivity index (χ4n) is 1.74. The minimum atomic E-state index is -0.235. The molecule has 0 saturated heterocycles. The van der Waals surface area contributed by atoms with Crippen molar-refractivity contribution in [2.24, 2.45) is 5.84 Å². The maximum absolute atomic E-state index is 12.2. The van der Waals surface area contributed by atoms with E-state index in [1.54, 1.807) is 36.4 Å². The maximum Gasteiger partial charge on any atom is 0.255 e. The third kappa shape index (κ3) is 3.46. The summed E-state index contributed by atoms with van der Waals surface area (Å²) in [4.78, 5) is 16.4. The van der Waals surface area contributed by atoms with Crippen LogP contribution in [0.2, 0.25) is 5.02 Å².